The number of nitrogens with one attached hydrogen (secondary N) is 1. The van der Waals surface area contributed by atoms with Crippen LogP contribution in [-0.4, -0.2) is 16.1 Å². The predicted molar refractivity (Wildman–Crippen MR) is 71.2 cm³/mol. The lowest BCUT2D eigenvalue weighted by atomic mass is 10.2. The molecule has 2 rings (SSSR count). The molecule has 2 aromatic rings. The third kappa shape index (κ3) is 3.19. The number of nitriles is 1. The Morgan fingerprint density at radius 3 is 2.58 bits per heavy atom. The van der Waals surface area contributed by atoms with Crippen LogP contribution in [0.15, 0.2) is 30.3 Å². The second-order valence-electron chi connectivity index (χ2n) is 3.50. The molecular weight excluding hydrogens is 287 g/mol. The largest absolute Gasteiger partial charge is 0.321 e. The zero-order valence-electron chi connectivity index (χ0n) is 9.39. The fourth-order valence-electron chi connectivity index (χ4n) is 1.32. The van der Waals surface area contributed by atoms with Crippen molar-refractivity contribution in [1.82, 2.24) is 10.2 Å². The van der Waals surface area contributed by atoms with E-state index < -0.39 is 5.91 Å². The number of hydrogen-bond acceptors (Lipinski definition) is 4. The van der Waals surface area contributed by atoms with Crippen LogP contribution < -0.4 is 5.32 Å². The summed E-state index contributed by atoms with van der Waals surface area (Å²) >= 11 is 11.4. The predicted octanol–water partition coefficient (Wildman–Crippen LogP) is 2.91. The molecule has 0 radical (unpaired) electrons. The maximum Gasteiger partial charge on any atom is 0.276 e. The summed E-state index contributed by atoms with van der Waals surface area (Å²) in [6.07, 6.45) is 0. The fraction of sp³-hybridized carbons (Fsp3) is 0. The van der Waals surface area contributed by atoms with Crippen molar-refractivity contribution in [1.29, 1.82) is 5.26 Å². The van der Waals surface area contributed by atoms with Gasteiger partial charge in [-0.05, 0) is 30.3 Å². The van der Waals surface area contributed by atoms with Crippen LogP contribution in [-0.2, 0) is 0 Å². The summed E-state index contributed by atoms with van der Waals surface area (Å²) in [7, 11) is 0. The number of aromatic nitrogens is 2. The summed E-state index contributed by atoms with van der Waals surface area (Å²) in [4.78, 5) is 11.8. The summed E-state index contributed by atoms with van der Waals surface area (Å²) < 4.78 is 0. The molecule has 0 spiro atoms. The zero-order chi connectivity index (χ0) is 13.8. The van der Waals surface area contributed by atoms with Crippen LogP contribution in [0.1, 0.15) is 16.1 Å². The quantitative estimate of drug-likeness (QED) is 0.923. The maximum absolute atomic E-state index is 11.8. The summed E-state index contributed by atoms with van der Waals surface area (Å²) in [6, 6.07) is 9.44. The lowest BCUT2D eigenvalue weighted by Crippen LogP contribution is -2.14. The first-order valence-electron chi connectivity index (χ1n) is 5.10. The highest BCUT2D eigenvalue weighted by Crippen LogP contribution is 2.20. The van der Waals surface area contributed by atoms with Crippen LogP contribution in [0.25, 0.3) is 0 Å². The standard InChI is InChI=1S/C12H6Cl2N4O/c13-9-5-8(2-1-7(9)6-15)16-12(19)10-3-4-11(14)18-17-10/h1-5H,(H,16,19). The van der Waals surface area contributed by atoms with Gasteiger partial charge in [0.2, 0.25) is 0 Å². The molecule has 1 aromatic carbocycles. The molecule has 5 nitrogen and oxygen atoms in total. The fourth-order valence-corrected chi connectivity index (χ4v) is 1.64. The first-order valence-corrected chi connectivity index (χ1v) is 5.86. The van der Waals surface area contributed by atoms with E-state index >= 15 is 0 Å². The first kappa shape index (κ1) is 13.3. The molecule has 1 amide bonds. The van der Waals surface area contributed by atoms with Gasteiger partial charge in [0.15, 0.2) is 10.8 Å². The Bertz CT molecular complexity index is 664. The van der Waals surface area contributed by atoms with Gasteiger partial charge in [0.1, 0.15) is 6.07 Å². The number of carbonyl (C=O) groups is 1. The number of rotatable bonds is 2. The van der Waals surface area contributed by atoms with Crippen molar-refractivity contribution in [3.63, 3.8) is 0 Å². The molecule has 94 valence electrons. The van der Waals surface area contributed by atoms with Gasteiger partial charge >= 0.3 is 0 Å². The van der Waals surface area contributed by atoms with Gasteiger partial charge in [-0.3, -0.25) is 4.79 Å². The van der Waals surface area contributed by atoms with Crippen molar-refractivity contribution in [2.24, 2.45) is 0 Å². The van der Waals surface area contributed by atoms with Crippen LogP contribution in [0.2, 0.25) is 10.2 Å². The minimum Gasteiger partial charge on any atom is -0.321 e. The third-order valence-electron chi connectivity index (χ3n) is 2.21. The van der Waals surface area contributed by atoms with Crippen molar-refractivity contribution in [2.45, 2.75) is 0 Å². The van der Waals surface area contributed by atoms with Crippen LogP contribution in [0.4, 0.5) is 5.69 Å². The van der Waals surface area contributed by atoms with E-state index in [1.807, 2.05) is 6.07 Å². The topological polar surface area (TPSA) is 78.7 Å². The number of anilines is 1. The molecule has 0 aliphatic heterocycles. The smallest absolute Gasteiger partial charge is 0.276 e. The van der Waals surface area contributed by atoms with Crippen molar-refractivity contribution in [2.75, 3.05) is 5.32 Å². The molecular formula is C12H6Cl2N4O. The molecule has 0 unspecified atom stereocenters. The third-order valence-corrected chi connectivity index (χ3v) is 2.73. The van der Waals surface area contributed by atoms with E-state index in [0.29, 0.717) is 11.3 Å². The summed E-state index contributed by atoms with van der Waals surface area (Å²) in [5, 5.41) is 19.0. The summed E-state index contributed by atoms with van der Waals surface area (Å²) in [5.74, 6) is -0.440. The SMILES string of the molecule is N#Cc1ccc(NC(=O)c2ccc(Cl)nn2)cc1Cl. The minimum absolute atomic E-state index is 0.130. The van der Waals surface area contributed by atoms with E-state index in [4.69, 9.17) is 28.5 Å². The van der Waals surface area contributed by atoms with Gasteiger partial charge in [0, 0.05) is 5.69 Å². The number of amides is 1. The number of halogens is 2. The highest BCUT2D eigenvalue weighted by molar-refractivity contribution is 6.32. The molecule has 19 heavy (non-hydrogen) atoms. The van der Waals surface area contributed by atoms with E-state index in [-0.39, 0.29) is 15.9 Å². The van der Waals surface area contributed by atoms with Crippen molar-refractivity contribution in [3.05, 3.63) is 51.8 Å². The molecule has 1 N–H and O–H groups in total. The summed E-state index contributed by atoms with van der Waals surface area (Å²) in [6.45, 7) is 0. The second-order valence-corrected chi connectivity index (χ2v) is 4.30. The van der Waals surface area contributed by atoms with Crippen molar-refractivity contribution in [3.8, 4) is 6.07 Å². The molecule has 0 aliphatic carbocycles. The highest BCUT2D eigenvalue weighted by atomic mass is 35.5. The Morgan fingerprint density at radius 1 is 1.21 bits per heavy atom. The molecule has 0 saturated heterocycles. The van der Waals surface area contributed by atoms with E-state index in [0.717, 1.165) is 0 Å². The Morgan fingerprint density at radius 2 is 2.00 bits per heavy atom. The average molecular weight is 293 g/mol. The van der Waals surface area contributed by atoms with E-state index in [2.05, 4.69) is 15.5 Å². The molecule has 0 saturated carbocycles. The lowest BCUT2D eigenvalue weighted by molar-refractivity contribution is 0.102. The minimum atomic E-state index is -0.440. The molecule has 1 heterocycles. The van der Waals surface area contributed by atoms with Crippen LogP contribution >= 0.6 is 23.2 Å². The Kier molecular flexibility index (Phi) is 3.95. The Labute approximate surface area is 118 Å². The molecule has 0 aliphatic rings. The van der Waals surface area contributed by atoms with Crippen LogP contribution in [0.5, 0.6) is 0 Å². The lowest BCUT2D eigenvalue weighted by Gasteiger charge is -2.05. The van der Waals surface area contributed by atoms with Gasteiger partial charge in [0.05, 0.1) is 10.6 Å². The van der Waals surface area contributed by atoms with Crippen LogP contribution in [0, 0.1) is 11.3 Å². The molecule has 0 bridgehead atoms. The van der Waals surface area contributed by atoms with Crippen LogP contribution in [0.3, 0.4) is 0 Å². The zero-order valence-corrected chi connectivity index (χ0v) is 10.9. The van der Waals surface area contributed by atoms with Crippen molar-refractivity contribution < 1.29 is 4.79 Å². The maximum atomic E-state index is 11.8. The van der Waals surface area contributed by atoms with Gasteiger partial charge in [0.25, 0.3) is 5.91 Å². The molecule has 1 aromatic heterocycles. The molecule has 0 atom stereocenters. The number of carbonyl (C=O) groups excluding carboxylic acids is 1. The van der Waals surface area contributed by atoms with Crippen molar-refractivity contribution >= 4 is 34.8 Å². The Hall–Kier alpha value is -2.16. The van der Waals surface area contributed by atoms with Gasteiger partial charge in [-0.15, -0.1) is 10.2 Å². The number of hydrogen-bond donors (Lipinski definition) is 1. The first-order chi connectivity index (χ1) is 9.10. The molecule has 7 heteroatoms. The molecule has 0 fully saturated rings. The van der Waals surface area contributed by atoms with E-state index in [9.17, 15) is 4.79 Å². The number of nitrogens with zero attached hydrogens (tertiary/aromatic N) is 3. The summed E-state index contributed by atoms with van der Waals surface area (Å²) in [5.41, 5.74) is 0.932. The monoisotopic (exact) mass is 292 g/mol. The second kappa shape index (κ2) is 5.65. The van der Waals surface area contributed by atoms with Gasteiger partial charge in [-0.2, -0.15) is 5.26 Å². The Balaban J connectivity index is 2.17. The van der Waals surface area contributed by atoms with Gasteiger partial charge < -0.3 is 5.32 Å². The highest BCUT2D eigenvalue weighted by Gasteiger charge is 2.09. The van der Waals surface area contributed by atoms with Gasteiger partial charge in [-0.1, -0.05) is 23.2 Å². The number of benzene rings is 1. The van der Waals surface area contributed by atoms with Gasteiger partial charge in [-0.25, -0.2) is 0 Å². The van der Waals surface area contributed by atoms with E-state index in [1.54, 1.807) is 6.07 Å². The average Bonchev–Trinajstić information content (AvgIpc) is 2.39. The normalized spacial score (nSPS) is 9.74. The van der Waals surface area contributed by atoms with E-state index in [1.165, 1.54) is 24.3 Å².